The fourth-order valence-corrected chi connectivity index (χ4v) is 4.05. The van der Waals surface area contributed by atoms with Crippen LogP contribution in [0.15, 0.2) is 88.1 Å². The predicted octanol–water partition coefficient (Wildman–Crippen LogP) is 6.85. The minimum Gasteiger partial charge on any atom is -0.463 e. The van der Waals surface area contributed by atoms with Gasteiger partial charge in [-0.3, -0.25) is 4.79 Å². The molecular weight excluding hydrogens is 482 g/mol. The van der Waals surface area contributed by atoms with Crippen molar-refractivity contribution in [2.75, 3.05) is 5.32 Å². The molecule has 0 bridgehead atoms. The second kappa shape index (κ2) is 10.7. The molecule has 8 nitrogen and oxygen atoms in total. The number of esters is 1. The lowest BCUT2D eigenvalue weighted by molar-refractivity contribution is -0.124. The maximum absolute atomic E-state index is 13.0. The molecule has 1 unspecified atom stereocenters. The van der Waals surface area contributed by atoms with Crippen LogP contribution in [0.2, 0.25) is 0 Å². The van der Waals surface area contributed by atoms with Gasteiger partial charge in [0.1, 0.15) is 11.4 Å². The molecule has 5 rings (SSSR count). The summed E-state index contributed by atoms with van der Waals surface area (Å²) in [5, 5.41) is 2.83. The Bertz CT molecular complexity index is 1560. The van der Waals surface area contributed by atoms with E-state index in [4.69, 9.17) is 23.5 Å². The Morgan fingerprint density at radius 2 is 1.50 bits per heavy atom. The number of carbonyl (C=O) groups is 2. The van der Waals surface area contributed by atoms with E-state index in [9.17, 15) is 9.59 Å². The van der Waals surface area contributed by atoms with E-state index in [1.807, 2.05) is 24.3 Å². The average molecular weight is 510 g/mol. The van der Waals surface area contributed by atoms with E-state index in [0.717, 1.165) is 0 Å². The van der Waals surface area contributed by atoms with Crippen LogP contribution in [0, 0.1) is 0 Å². The van der Waals surface area contributed by atoms with Gasteiger partial charge in [0.15, 0.2) is 17.6 Å². The zero-order valence-electron chi connectivity index (χ0n) is 21.3. The second-order valence-electron chi connectivity index (χ2n) is 9.15. The number of rotatable bonds is 8. The number of nitrogens with zero attached hydrogens (tertiary/aromatic N) is 2. The topological polar surface area (TPSA) is 107 Å². The third-order valence-corrected chi connectivity index (χ3v) is 6.17. The van der Waals surface area contributed by atoms with E-state index in [1.54, 1.807) is 61.9 Å². The number of amides is 1. The number of nitrogens with one attached hydrogen (secondary N) is 1. The van der Waals surface area contributed by atoms with E-state index in [1.165, 1.54) is 5.56 Å². The normalized spacial score (nSPS) is 12.0. The van der Waals surface area contributed by atoms with Crippen molar-refractivity contribution in [2.24, 2.45) is 0 Å². The molecule has 5 aromatic rings. The Kier molecular flexibility index (Phi) is 7.04. The summed E-state index contributed by atoms with van der Waals surface area (Å²) >= 11 is 0. The number of carbonyl (C=O) groups excluding carboxylic acids is 2. The summed E-state index contributed by atoms with van der Waals surface area (Å²) < 4.78 is 16.7. The van der Waals surface area contributed by atoms with E-state index < -0.39 is 12.1 Å². The van der Waals surface area contributed by atoms with Crippen molar-refractivity contribution < 1.29 is 23.2 Å². The SMILES string of the molecule is CCC(OC(=O)c1ccc2nc(-c3ccco3)c(-c3ccco3)nc2c1)C(=O)Nc1ccc(C(C)C)cc1. The van der Waals surface area contributed by atoms with Gasteiger partial charge in [0.05, 0.1) is 29.1 Å². The summed E-state index contributed by atoms with van der Waals surface area (Å²) in [6.07, 6.45) is 2.49. The molecule has 1 amide bonds. The van der Waals surface area contributed by atoms with E-state index in [-0.39, 0.29) is 11.5 Å². The summed E-state index contributed by atoms with van der Waals surface area (Å²) in [6.45, 7) is 6.00. The van der Waals surface area contributed by atoms with Crippen LogP contribution in [-0.4, -0.2) is 27.9 Å². The molecule has 0 saturated heterocycles. The number of furan rings is 2. The molecule has 0 aliphatic carbocycles. The Morgan fingerprint density at radius 3 is 2.05 bits per heavy atom. The van der Waals surface area contributed by atoms with E-state index >= 15 is 0 Å². The highest BCUT2D eigenvalue weighted by Crippen LogP contribution is 2.31. The molecule has 0 radical (unpaired) electrons. The van der Waals surface area contributed by atoms with Crippen molar-refractivity contribution >= 4 is 28.6 Å². The van der Waals surface area contributed by atoms with Crippen molar-refractivity contribution in [2.45, 2.75) is 39.2 Å². The maximum atomic E-state index is 13.0. The van der Waals surface area contributed by atoms with Gasteiger partial charge < -0.3 is 18.9 Å². The van der Waals surface area contributed by atoms with Gasteiger partial charge in [-0.1, -0.05) is 32.9 Å². The van der Waals surface area contributed by atoms with Gasteiger partial charge in [-0.15, -0.1) is 0 Å². The largest absolute Gasteiger partial charge is 0.463 e. The molecule has 1 atom stereocenters. The molecule has 192 valence electrons. The van der Waals surface area contributed by atoms with E-state index in [0.29, 0.717) is 52.0 Å². The highest BCUT2D eigenvalue weighted by molar-refractivity contribution is 5.99. The lowest BCUT2D eigenvalue weighted by atomic mass is 10.0. The lowest BCUT2D eigenvalue weighted by Gasteiger charge is -2.17. The minimum atomic E-state index is -0.950. The molecule has 0 aliphatic rings. The van der Waals surface area contributed by atoms with Gasteiger partial charge in [-0.2, -0.15) is 0 Å². The zero-order valence-corrected chi connectivity index (χ0v) is 21.3. The quantitative estimate of drug-likeness (QED) is 0.228. The summed E-state index contributed by atoms with van der Waals surface area (Å²) in [7, 11) is 0. The molecule has 8 heteroatoms. The maximum Gasteiger partial charge on any atom is 0.338 e. The molecule has 1 N–H and O–H groups in total. The van der Waals surface area contributed by atoms with Gasteiger partial charge >= 0.3 is 5.97 Å². The number of benzene rings is 2. The molecule has 3 aromatic heterocycles. The molecule has 0 spiro atoms. The molecule has 2 aromatic carbocycles. The molecule has 0 aliphatic heterocycles. The first-order chi connectivity index (χ1) is 18.4. The molecule has 0 saturated carbocycles. The van der Waals surface area contributed by atoms with Crippen molar-refractivity contribution in [3.63, 3.8) is 0 Å². The molecule has 3 heterocycles. The highest BCUT2D eigenvalue weighted by atomic mass is 16.5. The Labute approximate surface area is 219 Å². The zero-order chi connectivity index (χ0) is 26.6. The van der Waals surface area contributed by atoms with Gasteiger partial charge in [0.25, 0.3) is 5.91 Å². The van der Waals surface area contributed by atoms with Crippen LogP contribution in [0.4, 0.5) is 5.69 Å². The third-order valence-electron chi connectivity index (χ3n) is 6.17. The van der Waals surface area contributed by atoms with Crippen LogP contribution in [0.25, 0.3) is 33.9 Å². The third kappa shape index (κ3) is 5.20. The van der Waals surface area contributed by atoms with Gasteiger partial charge in [0, 0.05) is 5.69 Å². The van der Waals surface area contributed by atoms with Crippen LogP contribution in [0.3, 0.4) is 0 Å². The van der Waals surface area contributed by atoms with Crippen LogP contribution in [-0.2, 0) is 9.53 Å². The highest BCUT2D eigenvalue weighted by Gasteiger charge is 2.23. The molecular formula is C30H27N3O5. The number of hydrogen-bond acceptors (Lipinski definition) is 7. The summed E-state index contributed by atoms with van der Waals surface area (Å²) in [5.74, 6) is 0.443. The first kappa shape index (κ1) is 25.0. The van der Waals surface area contributed by atoms with Crippen molar-refractivity contribution in [1.29, 1.82) is 0 Å². The predicted molar refractivity (Wildman–Crippen MR) is 144 cm³/mol. The van der Waals surface area contributed by atoms with Crippen molar-refractivity contribution in [3.8, 4) is 22.9 Å². The average Bonchev–Trinajstić information content (AvgIpc) is 3.66. The van der Waals surface area contributed by atoms with Gasteiger partial charge in [0.2, 0.25) is 0 Å². The van der Waals surface area contributed by atoms with E-state index in [2.05, 4.69) is 19.2 Å². The number of hydrogen-bond donors (Lipinski definition) is 1. The first-order valence-electron chi connectivity index (χ1n) is 12.4. The number of ether oxygens (including phenoxy) is 1. The number of anilines is 1. The monoisotopic (exact) mass is 509 g/mol. The minimum absolute atomic E-state index is 0.260. The second-order valence-corrected chi connectivity index (χ2v) is 9.15. The van der Waals surface area contributed by atoms with Crippen LogP contribution >= 0.6 is 0 Å². The number of aromatic nitrogens is 2. The molecule has 0 fully saturated rings. The van der Waals surface area contributed by atoms with Crippen LogP contribution in [0.5, 0.6) is 0 Å². The fourth-order valence-electron chi connectivity index (χ4n) is 4.05. The summed E-state index contributed by atoms with van der Waals surface area (Å²) in [6, 6.07) is 19.6. The summed E-state index contributed by atoms with van der Waals surface area (Å²) in [5.41, 5.74) is 4.13. The Balaban J connectivity index is 1.37. The van der Waals surface area contributed by atoms with Crippen molar-refractivity contribution in [3.05, 3.63) is 90.4 Å². The Hall–Kier alpha value is -4.72. The fraction of sp³-hybridized carbons (Fsp3) is 0.200. The lowest BCUT2D eigenvalue weighted by Crippen LogP contribution is -2.32. The molecule has 38 heavy (non-hydrogen) atoms. The number of fused-ring (bicyclic) bond motifs is 1. The van der Waals surface area contributed by atoms with Gasteiger partial charge in [-0.05, 0) is 72.5 Å². The summed E-state index contributed by atoms with van der Waals surface area (Å²) in [4.78, 5) is 35.3. The van der Waals surface area contributed by atoms with Crippen molar-refractivity contribution in [1.82, 2.24) is 9.97 Å². The van der Waals surface area contributed by atoms with Crippen LogP contribution in [0.1, 0.15) is 49.0 Å². The Morgan fingerprint density at radius 1 is 0.868 bits per heavy atom. The standard InChI is InChI=1S/C30H27N3O5/c1-4-24(29(34)31-21-12-9-19(10-13-21)18(2)3)38-30(35)20-11-14-22-23(17-20)33-28(26-8-6-16-37-26)27(32-22)25-7-5-15-36-25/h5-18,24H,4H2,1-3H3,(H,31,34). The van der Waals surface area contributed by atoms with Crippen LogP contribution < -0.4 is 5.32 Å². The first-order valence-corrected chi connectivity index (χ1v) is 12.4. The smallest absolute Gasteiger partial charge is 0.338 e. The van der Waals surface area contributed by atoms with Gasteiger partial charge in [-0.25, -0.2) is 14.8 Å².